The number of aliphatic hydroxyl groups excluding tert-OH is 6. The van der Waals surface area contributed by atoms with E-state index in [0.29, 0.717) is 12.8 Å². The molecular formula is C57H94O18. The van der Waals surface area contributed by atoms with Gasteiger partial charge in [-0.1, -0.05) is 91.8 Å². The molecule has 5 heterocycles. The van der Waals surface area contributed by atoms with E-state index in [1.807, 2.05) is 62.3 Å². The van der Waals surface area contributed by atoms with Crippen molar-refractivity contribution in [1.82, 2.24) is 0 Å². The zero-order valence-electron chi connectivity index (χ0n) is 47.2. The lowest BCUT2D eigenvalue weighted by molar-refractivity contribution is -0.352. The van der Waals surface area contributed by atoms with Gasteiger partial charge in [0.15, 0.2) is 24.2 Å². The summed E-state index contributed by atoms with van der Waals surface area (Å²) >= 11 is 0. The molecule has 0 amide bonds. The molecule has 18 heteroatoms. The Kier molecular flexibility index (Phi) is 23.1. The Morgan fingerprint density at radius 3 is 1.44 bits per heavy atom. The Morgan fingerprint density at radius 2 is 1.04 bits per heavy atom. The first-order valence-electron chi connectivity index (χ1n) is 27.6. The molecule has 430 valence electrons. The molecule has 5 aliphatic heterocycles. The highest BCUT2D eigenvalue weighted by atomic mass is 16.7. The summed E-state index contributed by atoms with van der Waals surface area (Å²) in [7, 11) is 3.05. The van der Waals surface area contributed by atoms with Gasteiger partial charge < -0.3 is 78.0 Å². The number of methoxy groups -OCH3 is 2. The van der Waals surface area contributed by atoms with Crippen LogP contribution in [0.2, 0.25) is 0 Å². The first-order chi connectivity index (χ1) is 35.3. The lowest BCUT2D eigenvalue weighted by atomic mass is 9.76. The summed E-state index contributed by atoms with van der Waals surface area (Å²) in [5, 5.41) is 66.2. The summed E-state index contributed by atoms with van der Waals surface area (Å²) in [6, 6.07) is 0. The van der Waals surface area contributed by atoms with Gasteiger partial charge in [0.25, 0.3) is 0 Å². The normalized spacial score (nSPS) is 45.1. The zero-order valence-corrected chi connectivity index (χ0v) is 47.2. The fourth-order valence-corrected chi connectivity index (χ4v) is 12.3. The van der Waals surface area contributed by atoms with Crippen molar-refractivity contribution in [3.63, 3.8) is 0 Å². The molecule has 0 radical (unpaired) electrons. The first kappa shape index (κ1) is 63.2. The molecule has 6 N–H and O–H groups in total. The van der Waals surface area contributed by atoms with Crippen LogP contribution in [0, 0.1) is 47.3 Å². The van der Waals surface area contributed by atoms with Crippen molar-refractivity contribution in [2.75, 3.05) is 14.2 Å². The third kappa shape index (κ3) is 14.8. The molecule has 0 saturated carbocycles. The van der Waals surface area contributed by atoms with E-state index < -0.39 is 145 Å². The second kappa shape index (κ2) is 27.5. The lowest BCUT2D eigenvalue weighted by Gasteiger charge is -2.52. The van der Waals surface area contributed by atoms with Crippen molar-refractivity contribution < 1.29 is 87.6 Å². The van der Waals surface area contributed by atoms with Crippen LogP contribution in [-0.4, -0.2) is 166 Å². The van der Waals surface area contributed by atoms with Crippen LogP contribution in [0.25, 0.3) is 0 Å². The highest BCUT2D eigenvalue weighted by Crippen LogP contribution is 2.47. The van der Waals surface area contributed by atoms with Crippen molar-refractivity contribution in [3.8, 4) is 0 Å². The smallest absolute Gasteiger partial charge is 0.334 e. The maximum atomic E-state index is 14.0. The molecule has 18 nitrogen and oxygen atoms in total. The Morgan fingerprint density at radius 1 is 0.627 bits per heavy atom. The fraction of sp³-hybridized carbons (Fsp3) is 0.825. The molecular weight excluding hydrogens is 973 g/mol. The van der Waals surface area contributed by atoms with Crippen LogP contribution in [0.1, 0.15) is 129 Å². The van der Waals surface area contributed by atoms with Crippen molar-refractivity contribution in [2.45, 2.75) is 238 Å². The van der Waals surface area contributed by atoms with E-state index in [0.717, 1.165) is 0 Å². The molecule has 0 aromatic rings. The monoisotopic (exact) mass is 1070 g/mol. The van der Waals surface area contributed by atoms with E-state index in [1.165, 1.54) is 26.4 Å². The predicted octanol–water partition coefficient (Wildman–Crippen LogP) is 5.82. The van der Waals surface area contributed by atoms with Gasteiger partial charge in [-0.15, -0.1) is 0 Å². The maximum Gasteiger partial charge on any atom is 0.334 e. The van der Waals surface area contributed by atoms with Gasteiger partial charge in [-0.3, -0.25) is 0 Å². The number of carbonyl (C=O) groups is 2. The van der Waals surface area contributed by atoms with Crippen molar-refractivity contribution >= 4 is 11.9 Å². The van der Waals surface area contributed by atoms with Gasteiger partial charge in [-0.25, -0.2) is 9.59 Å². The number of aliphatic hydroxyl groups is 6. The number of rotatable bonds is 16. The fourth-order valence-electron chi connectivity index (χ4n) is 12.3. The van der Waals surface area contributed by atoms with Gasteiger partial charge >= 0.3 is 11.9 Å². The van der Waals surface area contributed by atoms with E-state index in [9.17, 15) is 40.2 Å². The number of ether oxygens (including phenoxy) is 10. The summed E-state index contributed by atoms with van der Waals surface area (Å²) in [5.41, 5.74) is 0.281. The molecule has 0 bridgehead atoms. The van der Waals surface area contributed by atoms with E-state index in [2.05, 4.69) is 0 Å². The van der Waals surface area contributed by atoms with Crippen LogP contribution in [0.4, 0.5) is 0 Å². The standard InChI is InChI=1S/C57H94O18/c1-16-40-36(10)74-56(66-14,27-44(40)70-47-25-42(58)51(63)38(12)68-47)34(8)49(61)32(6)53-30(4)22-20-23-31(5)55(65)73-54(29(3)21-18-19-24-46(60)72-53)33(7)50(62)35(9)57(67-15)28-45(41(17-2)37(11)75-57)71-48-26-43(59)52(64)39(13)69-48/h18-24,29-30,32-45,47-54,58-59,61-64H,16-17,25-28H2,1-15H3/b21-18+,22-20+,24-19+,31-23+/t29-,30-,32-,33-,34-,35-,36+,37+,38-,39-,40+,41+,42-,43-,44+,45+,47-,48?,49+,50+,51+,52+,53-,54-,56+,57+/m0/s1. The third-order valence-corrected chi connectivity index (χ3v) is 17.4. The molecule has 1 unspecified atom stereocenters. The molecule has 4 fully saturated rings. The molecule has 5 aliphatic rings. The summed E-state index contributed by atoms with van der Waals surface area (Å²) in [6.45, 7) is 23.9. The highest BCUT2D eigenvalue weighted by molar-refractivity contribution is 5.88. The van der Waals surface area contributed by atoms with Crippen LogP contribution in [-0.2, 0) is 57.0 Å². The summed E-state index contributed by atoms with van der Waals surface area (Å²) in [6.07, 6.45) is 0.922. The molecule has 75 heavy (non-hydrogen) atoms. The van der Waals surface area contributed by atoms with E-state index in [1.54, 1.807) is 58.1 Å². The van der Waals surface area contributed by atoms with Gasteiger partial charge in [0, 0.05) is 98.9 Å². The second-order valence-electron chi connectivity index (χ2n) is 22.5. The van der Waals surface area contributed by atoms with Gasteiger partial charge in [0.05, 0.1) is 61.0 Å². The third-order valence-electron chi connectivity index (χ3n) is 17.4. The van der Waals surface area contributed by atoms with Crippen molar-refractivity contribution in [3.05, 3.63) is 48.1 Å². The van der Waals surface area contributed by atoms with Gasteiger partial charge in [0.1, 0.15) is 24.4 Å². The summed E-state index contributed by atoms with van der Waals surface area (Å²) < 4.78 is 63.1. The maximum absolute atomic E-state index is 14.0. The van der Waals surface area contributed by atoms with E-state index in [-0.39, 0.29) is 55.3 Å². The number of allylic oxidation sites excluding steroid dienone is 4. The predicted molar refractivity (Wildman–Crippen MR) is 277 cm³/mol. The van der Waals surface area contributed by atoms with Crippen LogP contribution < -0.4 is 0 Å². The Bertz CT molecular complexity index is 1920. The minimum Gasteiger partial charge on any atom is -0.458 e. The summed E-state index contributed by atoms with van der Waals surface area (Å²) in [4.78, 5) is 27.7. The minimum atomic E-state index is -1.33. The molecule has 0 aliphatic carbocycles. The van der Waals surface area contributed by atoms with Gasteiger partial charge in [-0.2, -0.15) is 0 Å². The van der Waals surface area contributed by atoms with Gasteiger partial charge in [0.2, 0.25) is 0 Å². The second-order valence-corrected chi connectivity index (χ2v) is 22.5. The van der Waals surface area contributed by atoms with E-state index >= 15 is 0 Å². The number of esters is 2. The van der Waals surface area contributed by atoms with Crippen LogP contribution in [0.15, 0.2) is 48.1 Å². The Balaban J connectivity index is 1.33. The molecule has 4 saturated heterocycles. The average Bonchev–Trinajstić information content (AvgIpc) is 3.37. The zero-order chi connectivity index (χ0) is 55.9. The molecule has 5 rings (SSSR count). The topological polar surface area (TPSA) is 248 Å². The molecule has 0 aromatic carbocycles. The van der Waals surface area contributed by atoms with E-state index in [4.69, 9.17) is 47.4 Å². The quantitative estimate of drug-likeness (QED) is 0.0998. The average molecular weight is 1070 g/mol. The summed E-state index contributed by atoms with van der Waals surface area (Å²) in [5.74, 6) is -7.69. The largest absolute Gasteiger partial charge is 0.458 e. The minimum absolute atomic E-state index is 0.0698. The van der Waals surface area contributed by atoms with Crippen LogP contribution >= 0.6 is 0 Å². The molecule has 26 atom stereocenters. The van der Waals surface area contributed by atoms with Crippen LogP contribution in [0.3, 0.4) is 0 Å². The lowest BCUT2D eigenvalue weighted by Crippen LogP contribution is -2.60. The number of cyclic esters (lactones) is 2. The SMILES string of the molecule is CC[C@@H]1[C@@H](C)O[C@@](OC)([C@@H](C)[C@H](O)[C@H](C)[C@H]2OC(=O)/C(C)=C/C=C/[C@H](C)[C@@H]([C@@H](C)[C@@H](O)[C@H](C)[C@@]3(OC)C[C@@H](O[C@H]4C[C@H](O)[C@H](O)[C@H](C)O4)[C@H](CC)[C@@H](C)O3)OC(=O)/C=C/C=C/[C@@H]2C)C[C@H]1OC1C[C@H](O)[C@H](O)[C@H](C)O1. The number of carbonyl (C=O) groups excluding carboxylic acids is 2. The number of hydrogen-bond donors (Lipinski definition) is 6. The highest BCUT2D eigenvalue weighted by Gasteiger charge is 2.55. The molecule has 0 spiro atoms. The van der Waals surface area contributed by atoms with Gasteiger partial charge in [-0.05, 0) is 47.5 Å². The van der Waals surface area contributed by atoms with Crippen molar-refractivity contribution in [2.24, 2.45) is 47.3 Å². The van der Waals surface area contributed by atoms with Crippen LogP contribution in [0.5, 0.6) is 0 Å². The Hall–Kier alpha value is -2.66. The van der Waals surface area contributed by atoms with Crippen molar-refractivity contribution in [1.29, 1.82) is 0 Å². The molecule has 0 aromatic heterocycles. The first-order valence-corrected chi connectivity index (χ1v) is 27.6. The Labute approximate surface area is 446 Å². The number of hydrogen-bond acceptors (Lipinski definition) is 18.